The molecule has 0 amide bonds. The standard InChI is InChI=1S/C20H17FO/c1-13-10-14(2)20(18(21)11-13)17-9-8-16(12-19(17)22)15-6-4-3-5-7-15/h3-12,22H,1-2H3. The lowest BCUT2D eigenvalue weighted by Crippen LogP contribution is -1.92. The van der Waals surface area contributed by atoms with Crippen molar-refractivity contribution in [1.29, 1.82) is 0 Å². The molecule has 0 spiro atoms. The number of hydrogen-bond donors (Lipinski definition) is 1. The van der Waals surface area contributed by atoms with Gasteiger partial charge in [0.05, 0.1) is 0 Å². The second kappa shape index (κ2) is 5.64. The van der Waals surface area contributed by atoms with Gasteiger partial charge in [0.1, 0.15) is 11.6 Å². The number of rotatable bonds is 2. The van der Waals surface area contributed by atoms with Crippen LogP contribution in [0.3, 0.4) is 0 Å². The van der Waals surface area contributed by atoms with Crippen LogP contribution in [0.25, 0.3) is 22.3 Å². The quantitative estimate of drug-likeness (QED) is 0.663. The number of hydrogen-bond acceptors (Lipinski definition) is 1. The molecule has 110 valence electrons. The van der Waals surface area contributed by atoms with Crippen molar-refractivity contribution < 1.29 is 9.50 Å². The maximum absolute atomic E-state index is 14.3. The van der Waals surface area contributed by atoms with E-state index in [4.69, 9.17) is 0 Å². The maximum Gasteiger partial charge on any atom is 0.131 e. The summed E-state index contributed by atoms with van der Waals surface area (Å²) in [6, 6.07) is 18.6. The molecule has 22 heavy (non-hydrogen) atoms. The number of phenols is 1. The predicted octanol–water partition coefficient (Wildman–Crippen LogP) is 5.48. The van der Waals surface area contributed by atoms with Crippen molar-refractivity contribution in [1.82, 2.24) is 0 Å². The first kappa shape index (κ1) is 14.3. The lowest BCUT2D eigenvalue weighted by Gasteiger charge is -2.12. The van der Waals surface area contributed by atoms with Crippen LogP contribution in [0.15, 0.2) is 60.7 Å². The minimum absolute atomic E-state index is 0.0900. The van der Waals surface area contributed by atoms with Gasteiger partial charge >= 0.3 is 0 Å². The Labute approximate surface area is 129 Å². The Morgan fingerprint density at radius 3 is 2.18 bits per heavy atom. The molecule has 0 aromatic heterocycles. The van der Waals surface area contributed by atoms with Crippen LogP contribution in [0.2, 0.25) is 0 Å². The molecule has 2 heteroatoms. The maximum atomic E-state index is 14.3. The van der Waals surface area contributed by atoms with E-state index in [0.717, 1.165) is 22.3 Å². The molecule has 0 aliphatic rings. The van der Waals surface area contributed by atoms with Crippen LogP contribution >= 0.6 is 0 Å². The number of phenolic OH excluding ortho intramolecular Hbond substituents is 1. The normalized spacial score (nSPS) is 10.7. The van der Waals surface area contributed by atoms with Crippen LogP contribution in [0.1, 0.15) is 11.1 Å². The highest BCUT2D eigenvalue weighted by molar-refractivity contribution is 5.78. The lowest BCUT2D eigenvalue weighted by atomic mass is 9.95. The van der Waals surface area contributed by atoms with Crippen LogP contribution in [-0.2, 0) is 0 Å². The number of benzene rings is 3. The van der Waals surface area contributed by atoms with E-state index in [-0.39, 0.29) is 11.6 Å². The summed E-state index contributed by atoms with van der Waals surface area (Å²) in [5.41, 5.74) is 4.61. The van der Waals surface area contributed by atoms with Crippen molar-refractivity contribution in [2.24, 2.45) is 0 Å². The smallest absolute Gasteiger partial charge is 0.131 e. The van der Waals surface area contributed by atoms with E-state index in [1.54, 1.807) is 12.1 Å². The van der Waals surface area contributed by atoms with Gasteiger partial charge in [-0.1, -0.05) is 42.5 Å². The SMILES string of the molecule is Cc1cc(C)c(-c2ccc(-c3ccccc3)cc2O)c(F)c1. The average Bonchev–Trinajstić information content (AvgIpc) is 2.49. The van der Waals surface area contributed by atoms with Crippen LogP contribution in [0.5, 0.6) is 5.75 Å². The molecule has 0 unspecified atom stereocenters. The van der Waals surface area contributed by atoms with Gasteiger partial charge < -0.3 is 5.11 Å². The summed E-state index contributed by atoms with van der Waals surface area (Å²) in [5.74, 6) is -0.215. The summed E-state index contributed by atoms with van der Waals surface area (Å²) >= 11 is 0. The highest BCUT2D eigenvalue weighted by Gasteiger charge is 2.14. The van der Waals surface area contributed by atoms with Crippen LogP contribution in [0.4, 0.5) is 4.39 Å². The fourth-order valence-electron chi connectivity index (χ4n) is 2.81. The predicted molar refractivity (Wildman–Crippen MR) is 88.4 cm³/mol. The van der Waals surface area contributed by atoms with Gasteiger partial charge in [-0.15, -0.1) is 0 Å². The Bertz CT molecular complexity index is 799. The molecule has 0 saturated heterocycles. The van der Waals surface area contributed by atoms with Gasteiger partial charge in [0.25, 0.3) is 0 Å². The average molecular weight is 292 g/mol. The third kappa shape index (κ3) is 2.60. The zero-order valence-electron chi connectivity index (χ0n) is 12.6. The molecule has 0 atom stereocenters. The van der Waals surface area contributed by atoms with Crippen molar-refractivity contribution in [2.75, 3.05) is 0 Å². The Hall–Kier alpha value is -2.61. The van der Waals surface area contributed by atoms with Crippen molar-refractivity contribution in [3.63, 3.8) is 0 Å². The largest absolute Gasteiger partial charge is 0.507 e. The van der Waals surface area contributed by atoms with Gasteiger partial charge in [-0.2, -0.15) is 0 Å². The van der Waals surface area contributed by atoms with E-state index in [2.05, 4.69) is 0 Å². The minimum Gasteiger partial charge on any atom is -0.507 e. The second-order valence-corrected chi connectivity index (χ2v) is 5.54. The molecule has 0 heterocycles. The van der Waals surface area contributed by atoms with E-state index in [0.29, 0.717) is 11.1 Å². The summed E-state index contributed by atoms with van der Waals surface area (Å²) in [5, 5.41) is 10.4. The molecule has 1 N–H and O–H groups in total. The molecule has 3 aromatic rings. The lowest BCUT2D eigenvalue weighted by molar-refractivity contribution is 0.477. The van der Waals surface area contributed by atoms with Crippen LogP contribution < -0.4 is 0 Å². The summed E-state index contributed by atoms with van der Waals surface area (Å²) in [6.45, 7) is 3.72. The van der Waals surface area contributed by atoms with Gasteiger partial charge in [-0.3, -0.25) is 0 Å². The second-order valence-electron chi connectivity index (χ2n) is 5.54. The summed E-state index contributed by atoms with van der Waals surface area (Å²) in [7, 11) is 0. The number of aromatic hydroxyl groups is 1. The zero-order chi connectivity index (χ0) is 15.7. The Morgan fingerprint density at radius 1 is 0.818 bits per heavy atom. The molecule has 1 nitrogen and oxygen atoms in total. The van der Waals surface area contributed by atoms with Crippen LogP contribution in [0, 0.1) is 19.7 Å². The first-order valence-electron chi connectivity index (χ1n) is 7.22. The summed E-state index contributed by atoms with van der Waals surface area (Å²) in [4.78, 5) is 0. The molecule has 0 fully saturated rings. The van der Waals surface area contributed by atoms with Crippen molar-refractivity contribution >= 4 is 0 Å². The van der Waals surface area contributed by atoms with E-state index in [1.165, 1.54) is 6.07 Å². The highest BCUT2D eigenvalue weighted by Crippen LogP contribution is 2.36. The molecule has 0 saturated carbocycles. The molecule has 0 aliphatic heterocycles. The molecule has 3 aromatic carbocycles. The molecule has 3 rings (SSSR count). The Kier molecular flexibility index (Phi) is 3.68. The molecular formula is C20H17FO. The summed E-state index contributed by atoms with van der Waals surface area (Å²) < 4.78 is 14.3. The third-order valence-corrected chi connectivity index (χ3v) is 3.81. The number of halogens is 1. The van der Waals surface area contributed by atoms with Gasteiger partial charge in [0.2, 0.25) is 0 Å². The molecule has 0 aliphatic carbocycles. The van der Waals surface area contributed by atoms with E-state index < -0.39 is 0 Å². The van der Waals surface area contributed by atoms with Crippen LogP contribution in [-0.4, -0.2) is 5.11 Å². The highest BCUT2D eigenvalue weighted by atomic mass is 19.1. The number of aryl methyl sites for hydroxylation is 2. The fraction of sp³-hybridized carbons (Fsp3) is 0.100. The van der Waals surface area contributed by atoms with E-state index in [1.807, 2.05) is 56.3 Å². The fourth-order valence-corrected chi connectivity index (χ4v) is 2.81. The minimum atomic E-state index is -0.305. The third-order valence-electron chi connectivity index (χ3n) is 3.81. The van der Waals surface area contributed by atoms with Gasteiger partial charge in [-0.25, -0.2) is 4.39 Å². The molecular weight excluding hydrogens is 275 g/mol. The first-order chi connectivity index (χ1) is 10.6. The van der Waals surface area contributed by atoms with Gasteiger partial charge in [0, 0.05) is 11.1 Å². The first-order valence-corrected chi connectivity index (χ1v) is 7.22. The topological polar surface area (TPSA) is 20.2 Å². The zero-order valence-corrected chi connectivity index (χ0v) is 12.6. The summed E-state index contributed by atoms with van der Waals surface area (Å²) in [6.07, 6.45) is 0. The monoisotopic (exact) mass is 292 g/mol. The van der Waals surface area contributed by atoms with Gasteiger partial charge in [0.15, 0.2) is 0 Å². The van der Waals surface area contributed by atoms with Crippen molar-refractivity contribution in [3.05, 3.63) is 77.6 Å². The molecule has 0 radical (unpaired) electrons. The van der Waals surface area contributed by atoms with Crippen molar-refractivity contribution in [2.45, 2.75) is 13.8 Å². The van der Waals surface area contributed by atoms with E-state index in [9.17, 15) is 9.50 Å². The Morgan fingerprint density at radius 2 is 1.55 bits per heavy atom. The Balaban J connectivity index is 2.11. The van der Waals surface area contributed by atoms with Gasteiger partial charge in [-0.05, 0) is 54.3 Å². The van der Waals surface area contributed by atoms with Crippen molar-refractivity contribution in [3.8, 4) is 28.0 Å². The van der Waals surface area contributed by atoms with E-state index >= 15 is 0 Å². The molecule has 0 bridgehead atoms.